The van der Waals surface area contributed by atoms with Crippen molar-refractivity contribution in [2.45, 2.75) is 31.2 Å². The predicted octanol–water partition coefficient (Wildman–Crippen LogP) is 1.70. The second-order valence-corrected chi connectivity index (χ2v) is 7.62. The first-order valence-corrected chi connectivity index (χ1v) is 8.61. The Morgan fingerprint density at radius 3 is 2.05 bits per heavy atom. The molecule has 2 N–H and O–H groups in total. The fourth-order valence-electron chi connectivity index (χ4n) is 1.89. The molecular formula is C15H26N2O4S. The van der Waals surface area contributed by atoms with Crippen LogP contribution in [0.4, 0.5) is 0 Å². The van der Waals surface area contributed by atoms with Crippen molar-refractivity contribution >= 4 is 10.0 Å². The highest BCUT2D eigenvalue weighted by Crippen LogP contribution is 2.27. The Morgan fingerprint density at radius 1 is 1.14 bits per heavy atom. The van der Waals surface area contributed by atoms with Crippen molar-refractivity contribution in [2.24, 2.45) is 11.7 Å². The third kappa shape index (κ3) is 4.59. The Bertz CT molecular complexity index is 565. The molecule has 1 rings (SSSR count). The average molecular weight is 330 g/mol. The molecule has 7 heteroatoms. The lowest BCUT2D eigenvalue weighted by Crippen LogP contribution is -2.34. The van der Waals surface area contributed by atoms with Gasteiger partial charge in [0.15, 0.2) is 0 Å². The maximum absolute atomic E-state index is 12.6. The van der Waals surface area contributed by atoms with Crippen molar-refractivity contribution in [2.75, 3.05) is 27.8 Å². The van der Waals surface area contributed by atoms with Gasteiger partial charge in [0.25, 0.3) is 0 Å². The minimum atomic E-state index is -3.61. The van der Waals surface area contributed by atoms with Crippen LogP contribution >= 0.6 is 0 Å². The molecule has 0 aromatic heterocycles. The summed E-state index contributed by atoms with van der Waals surface area (Å²) < 4.78 is 36.8. The van der Waals surface area contributed by atoms with Crippen LogP contribution in [0.15, 0.2) is 23.1 Å². The molecule has 0 saturated heterocycles. The van der Waals surface area contributed by atoms with Crippen LogP contribution in [0.5, 0.6) is 11.5 Å². The molecule has 1 aromatic carbocycles. The highest BCUT2D eigenvalue weighted by atomic mass is 32.2. The van der Waals surface area contributed by atoms with Crippen molar-refractivity contribution in [1.82, 2.24) is 4.31 Å². The number of hydrogen-bond donors (Lipinski definition) is 1. The summed E-state index contributed by atoms with van der Waals surface area (Å²) >= 11 is 0. The summed E-state index contributed by atoms with van der Waals surface area (Å²) in [5.74, 6) is 1.18. The fourth-order valence-corrected chi connectivity index (χ4v) is 3.13. The largest absolute Gasteiger partial charge is 0.497 e. The fraction of sp³-hybridized carbons (Fsp3) is 0.600. The number of methoxy groups -OCH3 is 2. The van der Waals surface area contributed by atoms with E-state index >= 15 is 0 Å². The molecule has 1 aromatic rings. The van der Waals surface area contributed by atoms with Crippen LogP contribution in [0.3, 0.4) is 0 Å². The molecule has 0 amide bonds. The minimum absolute atomic E-state index is 0.0301. The highest BCUT2D eigenvalue weighted by Gasteiger charge is 2.23. The first-order chi connectivity index (χ1) is 10.2. The van der Waals surface area contributed by atoms with Gasteiger partial charge in [-0.15, -0.1) is 0 Å². The Morgan fingerprint density at radius 2 is 1.64 bits per heavy atom. The van der Waals surface area contributed by atoms with E-state index in [1.807, 2.05) is 13.8 Å². The lowest BCUT2D eigenvalue weighted by molar-refractivity contribution is 0.387. The van der Waals surface area contributed by atoms with Crippen LogP contribution in [-0.2, 0) is 10.0 Å². The first-order valence-electron chi connectivity index (χ1n) is 7.17. The lowest BCUT2D eigenvalue weighted by Gasteiger charge is -2.21. The topological polar surface area (TPSA) is 81.9 Å². The molecule has 0 radical (unpaired) electrons. The molecule has 0 heterocycles. The molecule has 22 heavy (non-hydrogen) atoms. The summed E-state index contributed by atoms with van der Waals surface area (Å²) in [5.41, 5.74) is 5.98. The van der Waals surface area contributed by atoms with Gasteiger partial charge in [0.2, 0.25) is 10.0 Å². The number of nitrogens with two attached hydrogens (primary N) is 1. The number of nitrogens with zero attached hydrogens (tertiary/aromatic N) is 1. The van der Waals surface area contributed by atoms with Crippen LogP contribution in [0.1, 0.15) is 20.3 Å². The van der Waals surface area contributed by atoms with Crippen LogP contribution in [0.2, 0.25) is 0 Å². The summed E-state index contributed by atoms with van der Waals surface area (Å²) in [4.78, 5) is 0.143. The molecule has 0 saturated carbocycles. The number of sulfonamides is 1. The highest BCUT2D eigenvalue weighted by molar-refractivity contribution is 7.89. The second kappa shape index (κ2) is 7.80. The molecule has 6 nitrogen and oxygen atoms in total. The normalized spacial score (nSPS) is 13.5. The number of hydrogen-bond acceptors (Lipinski definition) is 5. The van der Waals surface area contributed by atoms with Crippen molar-refractivity contribution in [1.29, 1.82) is 0 Å². The van der Waals surface area contributed by atoms with Gasteiger partial charge >= 0.3 is 0 Å². The number of ether oxygens (including phenoxy) is 2. The number of rotatable bonds is 8. The zero-order valence-electron chi connectivity index (χ0n) is 13.9. The van der Waals surface area contributed by atoms with E-state index in [1.54, 1.807) is 13.1 Å². The zero-order valence-corrected chi connectivity index (χ0v) is 14.7. The van der Waals surface area contributed by atoms with Crippen molar-refractivity contribution in [3.8, 4) is 11.5 Å². The first kappa shape index (κ1) is 18.7. The van der Waals surface area contributed by atoms with E-state index in [9.17, 15) is 8.42 Å². The molecule has 0 fully saturated rings. The Hall–Kier alpha value is -1.31. The number of benzene rings is 1. The van der Waals surface area contributed by atoms with Gasteiger partial charge in [-0.05, 0) is 12.3 Å². The van der Waals surface area contributed by atoms with E-state index in [4.69, 9.17) is 15.2 Å². The quantitative estimate of drug-likeness (QED) is 0.784. The van der Waals surface area contributed by atoms with Gasteiger partial charge in [0.05, 0.1) is 19.1 Å². The molecule has 0 bridgehead atoms. The van der Waals surface area contributed by atoms with Gasteiger partial charge < -0.3 is 15.2 Å². The van der Waals surface area contributed by atoms with Crippen LogP contribution in [0.25, 0.3) is 0 Å². The third-order valence-corrected chi connectivity index (χ3v) is 5.50. The minimum Gasteiger partial charge on any atom is -0.497 e. The maximum atomic E-state index is 12.6. The van der Waals surface area contributed by atoms with Crippen molar-refractivity contribution < 1.29 is 17.9 Å². The van der Waals surface area contributed by atoms with Gasteiger partial charge in [0.1, 0.15) is 11.5 Å². The maximum Gasteiger partial charge on any atom is 0.243 e. The lowest BCUT2D eigenvalue weighted by atomic mass is 10.0. The molecule has 1 unspecified atom stereocenters. The molecule has 0 aliphatic carbocycles. The summed E-state index contributed by atoms with van der Waals surface area (Å²) in [6.07, 6.45) is 0.606. The van der Waals surface area contributed by atoms with Gasteiger partial charge in [0, 0.05) is 37.8 Å². The van der Waals surface area contributed by atoms with Gasteiger partial charge in [-0.2, -0.15) is 0 Å². The zero-order chi connectivity index (χ0) is 16.9. The molecule has 126 valence electrons. The van der Waals surface area contributed by atoms with E-state index in [0.717, 1.165) is 0 Å². The van der Waals surface area contributed by atoms with Crippen molar-refractivity contribution in [3.63, 3.8) is 0 Å². The summed E-state index contributed by atoms with van der Waals surface area (Å²) in [6.45, 7) is 4.40. The van der Waals surface area contributed by atoms with Crippen LogP contribution < -0.4 is 15.2 Å². The monoisotopic (exact) mass is 330 g/mol. The van der Waals surface area contributed by atoms with Gasteiger partial charge in [-0.1, -0.05) is 13.8 Å². The van der Waals surface area contributed by atoms with E-state index in [1.165, 1.54) is 30.7 Å². The summed E-state index contributed by atoms with van der Waals surface area (Å²) in [5, 5.41) is 0. The Kier molecular flexibility index (Phi) is 6.65. The second-order valence-electron chi connectivity index (χ2n) is 5.57. The molecular weight excluding hydrogens is 304 g/mol. The third-order valence-electron chi connectivity index (χ3n) is 3.67. The van der Waals surface area contributed by atoms with E-state index in [-0.39, 0.29) is 10.9 Å². The predicted molar refractivity (Wildman–Crippen MR) is 86.8 cm³/mol. The average Bonchev–Trinajstić information content (AvgIpc) is 2.51. The van der Waals surface area contributed by atoms with E-state index in [0.29, 0.717) is 30.4 Å². The van der Waals surface area contributed by atoms with Crippen molar-refractivity contribution in [3.05, 3.63) is 18.2 Å². The van der Waals surface area contributed by atoms with Gasteiger partial charge in [-0.3, -0.25) is 0 Å². The standard InChI is InChI=1S/C15H26N2O4S/c1-11(2)15(16)6-7-17(3)22(18,19)14-9-12(20-4)8-13(10-14)21-5/h8-11,15H,6-7,16H2,1-5H3. The molecule has 1 atom stereocenters. The molecule has 0 aliphatic heterocycles. The Labute approximate surface area is 133 Å². The van der Waals surface area contributed by atoms with Gasteiger partial charge in [-0.25, -0.2) is 12.7 Å². The molecule has 0 spiro atoms. The van der Waals surface area contributed by atoms with Crippen LogP contribution in [-0.4, -0.2) is 46.6 Å². The van der Waals surface area contributed by atoms with E-state index < -0.39 is 10.0 Å². The smallest absolute Gasteiger partial charge is 0.243 e. The van der Waals surface area contributed by atoms with E-state index in [2.05, 4.69) is 0 Å². The molecule has 0 aliphatic rings. The van der Waals surface area contributed by atoms with Crippen LogP contribution in [0, 0.1) is 5.92 Å². The Balaban J connectivity index is 2.98. The summed E-state index contributed by atoms with van der Waals surface area (Å²) in [7, 11) is 0.908. The summed E-state index contributed by atoms with van der Waals surface area (Å²) in [6, 6.07) is 4.57. The SMILES string of the molecule is COc1cc(OC)cc(S(=O)(=O)N(C)CCC(N)C(C)C)c1.